The van der Waals surface area contributed by atoms with Crippen molar-refractivity contribution in [3.63, 3.8) is 0 Å². The summed E-state index contributed by atoms with van der Waals surface area (Å²) < 4.78 is 16.2. The van der Waals surface area contributed by atoms with Gasteiger partial charge in [0.2, 0.25) is 6.79 Å². The molecule has 1 aromatic rings. The van der Waals surface area contributed by atoms with Crippen molar-refractivity contribution < 1.29 is 24.4 Å². The van der Waals surface area contributed by atoms with Crippen LogP contribution < -0.4 is 14.2 Å². The third kappa shape index (κ3) is 4.64. The van der Waals surface area contributed by atoms with Crippen LogP contribution in [0.15, 0.2) is 29.8 Å². The Labute approximate surface area is 131 Å². The zero-order valence-corrected chi connectivity index (χ0v) is 13.3. The summed E-state index contributed by atoms with van der Waals surface area (Å²) in [5, 5.41) is 19.5. The fourth-order valence-electron chi connectivity index (χ4n) is 2.07. The van der Waals surface area contributed by atoms with E-state index in [-0.39, 0.29) is 6.79 Å². The van der Waals surface area contributed by atoms with Gasteiger partial charge in [-0.1, -0.05) is 5.57 Å². The Bertz CT molecular complexity index is 530. The third-order valence-corrected chi connectivity index (χ3v) is 3.65. The quantitative estimate of drug-likeness (QED) is 0.758. The molecule has 1 aromatic carbocycles. The standard InChI is InChI=1S/C17H24O5/c1-12(4-7-16(18)17(2,3)19)8-9-20-13-5-6-14-15(10-13)22-11-21-14/h5-6,8,10,16,18-19H,4,7,9,11H2,1-3H3/b12-8+/t16-/m0/s1. The van der Waals surface area contributed by atoms with Gasteiger partial charge < -0.3 is 24.4 Å². The number of ether oxygens (including phenoxy) is 3. The summed E-state index contributed by atoms with van der Waals surface area (Å²) in [6.07, 6.45) is 2.48. The van der Waals surface area contributed by atoms with Crippen molar-refractivity contribution in [2.75, 3.05) is 13.4 Å². The molecule has 1 atom stereocenters. The molecule has 0 saturated carbocycles. The van der Waals surface area contributed by atoms with Gasteiger partial charge >= 0.3 is 0 Å². The van der Waals surface area contributed by atoms with Gasteiger partial charge in [0.15, 0.2) is 11.5 Å². The minimum atomic E-state index is -1.07. The first kappa shape index (κ1) is 16.6. The van der Waals surface area contributed by atoms with E-state index in [4.69, 9.17) is 14.2 Å². The number of benzene rings is 1. The summed E-state index contributed by atoms with van der Waals surface area (Å²) in [6, 6.07) is 5.48. The van der Waals surface area contributed by atoms with Gasteiger partial charge in [0.05, 0.1) is 11.7 Å². The van der Waals surface area contributed by atoms with E-state index in [2.05, 4.69) is 0 Å². The number of aliphatic hydroxyl groups excluding tert-OH is 1. The normalized spacial score (nSPS) is 15.8. The van der Waals surface area contributed by atoms with E-state index in [0.717, 1.165) is 23.5 Å². The lowest BCUT2D eigenvalue weighted by Gasteiger charge is -2.24. The molecule has 1 heterocycles. The molecule has 1 aliphatic heterocycles. The molecular formula is C17H24O5. The van der Waals surface area contributed by atoms with Gasteiger partial charge in [-0.2, -0.15) is 0 Å². The van der Waals surface area contributed by atoms with Crippen molar-refractivity contribution in [1.29, 1.82) is 0 Å². The fraction of sp³-hybridized carbons (Fsp3) is 0.529. The Morgan fingerprint density at radius 2 is 2.09 bits per heavy atom. The molecule has 0 aliphatic carbocycles. The van der Waals surface area contributed by atoms with Crippen LogP contribution in [0.1, 0.15) is 33.6 Å². The van der Waals surface area contributed by atoms with Crippen molar-refractivity contribution in [2.24, 2.45) is 0 Å². The summed E-state index contributed by atoms with van der Waals surface area (Å²) >= 11 is 0. The molecule has 0 bridgehead atoms. The minimum absolute atomic E-state index is 0.251. The van der Waals surface area contributed by atoms with Crippen molar-refractivity contribution in [1.82, 2.24) is 0 Å². The molecular weight excluding hydrogens is 284 g/mol. The molecule has 0 fully saturated rings. The Morgan fingerprint density at radius 3 is 2.82 bits per heavy atom. The topological polar surface area (TPSA) is 68.2 Å². The van der Waals surface area contributed by atoms with Crippen molar-refractivity contribution in [2.45, 2.75) is 45.3 Å². The second-order valence-corrected chi connectivity index (χ2v) is 6.08. The summed E-state index contributed by atoms with van der Waals surface area (Å²) in [5.74, 6) is 2.16. The number of hydrogen-bond acceptors (Lipinski definition) is 5. The molecule has 5 nitrogen and oxygen atoms in total. The van der Waals surface area contributed by atoms with Crippen LogP contribution >= 0.6 is 0 Å². The van der Waals surface area contributed by atoms with Crippen LogP contribution in [0.3, 0.4) is 0 Å². The van der Waals surface area contributed by atoms with Crippen LogP contribution in [0, 0.1) is 0 Å². The maximum atomic E-state index is 9.79. The Hall–Kier alpha value is -1.72. The fourth-order valence-corrected chi connectivity index (χ4v) is 2.07. The number of hydrogen-bond donors (Lipinski definition) is 2. The average Bonchev–Trinajstić information content (AvgIpc) is 2.91. The number of rotatable bonds is 7. The van der Waals surface area contributed by atoms with Gasteiger partial charge in [-0.05, 0) is 51.8 Å². The van der Waals surface area contributed by atoms with Crippen molar-refractivity contribution >= 4 is 0 Å². The summed E-state index contributed by atoms with van der Waals surface area (Å²) in [7, 11) is 0. The maximum Gasteiger partial charge on any atom is 0.231 e. The number of fused-ring (bicyclic) bond motifs is 1. The molecule has 0 spiro atoms. The van der Waals surface area contributed by atoms with E-state index in [1.165, 1.54) is 0 Å². The van der Waals surface area contributed by atoms with Crippen LogP contribution in [0.2, 0.25) is 0 Å². The van der Waals surface area contributed by atoms with Crippen LogP contribution in [-0.4, -0.2) is 35.3 Å². The minimum Gasteiger partial charge on any atom is -0.489 e. The van der Waals surface area contributed by atoms with E-state index in [9.17, 15) is 10.2 Å². The zero-order valence-electron chi connectivity index (χ0n) is 13.3. The molecule has 0 radical (unpaired) electrons. The molecule has 0 aromatic heterocycles. The lowest BCUT2D eigenvalue weighted by molar-refractivity contribution is -0.0509. The highest BCUT2D eigenvalue weighted by atomic mass is 16.7. The molecule has 2 N–H and O–H groups in total. The van der Waals surface area contributed by atoms with Gasteiger partial charge in [0.25, 0.3) is 0 Å². The molecule has 5 heteroatoms. The highest BCUT2D eigenvalue weighted by Crippen LogP contribution is 2.35. The van der Waals surface area contributed by atoms with Crippen LogP contribution in [-0.2, 0) is 0 Å². The predicted molar refractivity (Wildman–Crippen MR) is 83.4 cm³/mol. The predicted octanol–water partition coefficient (Wildman–Crippen LogP) is 2.65. The van der Waals surface area contributed by atoms with Gasteiger partial charge in [-0.3, -0.25) is 0 Å². The first-order valence-electron chi connectivity index (χ1n) is 7.45. The molecule has 0 saturated heterocycles. The molecule has 1 aliphatic rings. The van der Waals surface area contributed by atoms with Gasteiger partial charge in [-0.25, -0.2) is 0 Å². The largest absolute Gasteiger partial charge is 0.489 e. The van der Waals surface area contributed by atoms with E-state index >= 15 is 0 Å². The Kier molecular flexibility index (Phi) is 5.32. The SMILES string of the molecule is C/C(=C\COc1ccc2c(c1)OCO2)CC[C@H](O)C(C)(C)O. The van der Waals surface area contributed by atoms with Gasteiger partial charge in [0.1, 0.15) is 12.4 Å². The third-order valence-electron chi connectivity index (χ3n) is 3.65. The Morgan fingerprint density at radius 1 is 1.36 bits per heavy atom. The number of allylic oxidation sites excluding steroid dienone is 1. The second kappa shape index (κ2) is 7.03. The second-order valence-electron chi connectivity index (χ2n) is 6.08. The number of aliphatic hydroxyl groups is 2. The monoisotopic (exact) mass is 308 g/mol. The first-order chi connectivity index (χ1) is 10.4. The van der Waals surface area contributed by atoms with Crippen LogP contribution in [0.5, 0.6) is 17.2 Å². The van der Waals surface area contributed by atoms with Crippen molar-refractivity contribution in [3.8, 4) is 17.2 Å². The molecule has 2 rings (SSSR count). The average molecular weight is 308 g/mol. The molecule has 0 unspecified atom stereocenters. The lowest BCUT2D eigenvalue weighted by atomic mass is 9.96. The van der Waals surface area contributed by atoms with E-state index in [1.807, 2.05) is 31.2 Å². The summed E-state index contributed by atoms with van der Waals surface area (Å²) in [5.41, 5.74) is 0.0487. The molecule has 0 amide bonds. The van der Waals surface area contributed by atoms with E-state index in [0.29, 0.717) is 18.8 Å². The van der Waals surface area contributed by atoms with E-state index in [1.54, 1.807) is 13.8 Å². The summed E-state index contributed by atoms with van der Waals surface area (Å²) in [4.78, 5) is 0. The van der Waals surface area contributed by atoms with Gasteiger partial charge in [0, 0.05) is 6.07 Å². The summed E-state index contributed by atoms with van der Waals surface area (Å²) in [6.45, 7) is 5.91. The molecule has 22 heavy (non-hydrogen) atoms. The van der Waals surface area contributed by atoms with Crippen LogP contribution in [0.4, 0.5) is 0 Å². The molecule has 122 valence electrons. The Balaban J connectivity index is 1.77. The van der Waals surface area contributed by atoms with Crippen molar-refractivity contribution in [3.05, 3.63) is 29.8 Å². The maximum absolute atomic E-state index is 9.79. The smallest absolute Gasteiger partial charge is 0.231 e. The lowest BCUT2D eigenvalue weighted by Crippen LogP contribution is -2.35. The van der Waals surface area contributed by atoms with Crippen LogP contribution in [0.25, 0.3) is 0 Å². The van der Waals surface area contributed by atoms with E-state index < -0.39 is 11.7 Å². The van der Waals surface area contributed by atoms with Gasteiger partial charge in [-0.15, -0.1) is 0 Å². The first-order valence-corrected chi connectivity index (χ1v) is 7.45. The highest BCUT2D eigenvalue weighted by Gasteiger charge is 2.23. The zero-order chi connectivity index (χ0) is 16.2. The highest BCUT2D eigenvalue weighted by molar-refractivity contribution is 5.46.